The van der Waals surface area contributed by atoms with Crippen LogP contribution in [0.3, 0.4) is 0 Å². The van der Waals surface area contributed by atoms with E-state index in [1.165, 1.54) is 24.3 Å². The number of sulfone groups is 1. The Kier molecular flexibility index (Phi) is 5.89. The quantitative estimate of drug-likeness (QED) is 0.377. The second-order valence-corrected chi connectivity index (χ2v) is 8.10. The molecule has 3 rings (SSSR count). The number of hydrogen-bond acceptors (Lipinski definition) is 6. The maximum Gasteiger partial charge on any atom is 0.258 e. The number of hydrogen-bond donors (Lipinski definition) is 2. The number of nitrogens with one attached hydrogen (secondary N) is 1. The summed E-state index contributed by atoms with van der Waals surface area (Å²) in [7, 11) is -3.43. The fourth-order valence-electron chi connectivity index (χ4n) is 2.42. The molecule has 8 nitrogen and oxygen atoms in total. The van der Waals surface area contributed by atoms with E-state index in [1.54, 1.807) is 24.5 Å². The van der Waals surface area contributed by atoms with Crippen LogP contribution in [0.5, 0.6) is 5.75 Å². The van der Waals surface area contributed by atoms with Crippen molar-refractivity contribution in [2.24, 2.45) is 10.9 Å². The summed E-state index contributed by atoms with van der Waals surface area (Å²) in [5.74, 6) is -0.447. The molecule has 3 aromatic rings. The lowest BCUT2D eigenvalue weighted by Crippen LogP contribution is -2.37. The van der Waals surface area contributed by atoms with Crippen molar-refractivity contribution in [1.82, 2.24) is 10.3 Å². The van der Waals surface area contributed by atoms with Crippen LogP contribution >= 0.6 is 0 Å². The van der Waals surface area contributed by atoms with Crippen molar-refractivity contribution in [2.75, 3.05) is 6.26 Å². The topological polar surface area (TPSA) is 124 Å². The van der Waals surface area contributed by atoms with Gasteiger partial charge in [0.05, 0.1) is 4.90 Å². The van der Waals surface area contributed by atoms with Crippen LogP contribution in [0.25, 0.3) is 11.1 Å². The molecule has 0 fully saturated rings. The molecule has 29 heavy (non-hydrogen) atoms. The molecular formula is C20H18N4O4S. The normalized spacial score (nSPS) is 11.7. The number of amides is 1. The first-order valence-corrected chi connectivity index (χ1v) is 10.3. The van der Waals surface area contributed by atoms with E-state index in [1.807, 2.05) is 24.3 Å². The molecule has 3 N–H and O–H groups in total. The van der Waals surface area contributed by atoms with Gasteiger partial charge >= 0.3 is 0 Å². The van der Waals surface area contributed by atoms with Gasteiger partial charge in [0.15, 0.2) is 15.6 Å². The van der Waals surface area contributed by atoms with Crippen molar-refractivity contribution in [1.29, 1.82) is 0 Å². The lowest BCUT2D eigenvalue weighted by Gasteiger charge is -2.06. The van der Waals surface area contributed by atoms with Crippen LogP contribution in [-0.4, -0.2) is 31.5 Å². The Morgan fingerprint density at radius 1 is 1.07 bits per heavy atom. The third-order valence-corrected chi connectivity index (χ3v) is 4.97. The SMILES string of the molecule is CS(=O)(=O)c1cccc(C(=O)NC(N)=NOc2ccc(-c3cccnc3)cc2)c1. The van der Waals surface area contributed by atoms with E-state index in [2.05, 4.69) is 15.5 Å². The number of nitrogens with zero attached hydrogens (tertiary/aromatic N) is 2. The zero-order valence-corrected chi connectivity index (χ0v) is 16.3. The van der Waals surface area contributed by atoms with E-state index in [4.69, 9.17) is 10.6 Å². The number of guanidine groups is 1. The molecule has 0 aliphatic rings. The van der Waals surface area contributed by atoms with E-state index in [0.717, 1.165) is 17.4 Å². The highest BCUT2D eigenvalue weighted by Gasteiger charge is 2.12. The third-order valence-electron chi connectivity index (χ3n) is 3.86. The van der Waals surface area contributed by atoms with Gasteiger partial charge < -0.3 is 10.6 Å². The minimum absolute atomic E-state index is 0.0330. The van der Waals surface area contributed by atoms with Crippen molar-refractivity contribution in [3.05, 3.63) is 78.6 Å². The fraction of sp³-hybridized carbons (Fsp3) is 0.0500. The van der Waals surface area contributed by atoms with Gasteiger partial charge in [-0.1, -0.05) is 24.3 Å². The molecule has 0 saturated carbocycles. The Balaban J connectivity index is 1.64. The summed E-state index contributed by atoms with van der Waals surface area (Å²) in [5.41, 5.74) is 7.73. The lowest BCUT2D eigenvalue weighted by molar-refractivity contribution is 0.0975. The minimum Gasteiger partial charge on any atom is -0.367 e. The predicted octanol–water partition coefficient (Wildman–Crippen LogP) is 2.19. The molecule has 0 radical (unpaired) electrons. The van der Waals surface area contributed by atoms with Gasteiger partial charge in [-0.2, -0.15) is 0 Å². The number of oxime groups is 1. The minimum atomic E-state index is -3.43. The first-order chi connectivity index (χ1) is 13.8. The van der Waals surface area contributed by atoms with Gasteiger partial charge in [-0.15, -0.1) is 0 Å². The van der Waals surface area contributed by atoms with Crippen LogP contribution < -0.4 is 15.9 Å². The number of carbonyl (C=O) groups excluding carboxylic acids is 1. The Morgan fingerprint density at radius 3 is 2.48 bits per heavy atom. The van der Waals surface area contributed by atoms with Crippen LogP contribution in [0.1, 0.15) is 10.4 Å². The van der Waals surface area contributed by atoms with Crippen LogP contribution in [0, 0.1) is 0 Å². The van der Waals surface area contributed by atoms with Gasteiger partial charge in [0.25, 0.3) is 5.91 Å². The van der Waals surface area contributed by atoms with Gasteiger partial charge in [0, 0.05) is 24.2 Å². The Hall–Kier alpha value is -3.72. The van der Waals surface area contributed by atoms with Crippen LogP contribution in [-0.2, 0) is 9.84 Å². The molecule has 1 aromatic heterocycles. The average Bonchev–Trinajstić information content (AvgIpc) is 2.73. The molecule has 148 valence electrons. The number of pyridine rings is 1. The molecule has 2 aromatic carbocycles. The smallest absolute Gasteiger partial charge is 0.258 e. The highest BCUT2D eigenvalue weighted by Crippen LogP contribution is 2.21. The van der Waals surface area contributed by atoms with Crippen molar-refractivity contribution in [2.45, 2.75) is 4.90 Å². The number of carbonyl (C=O) groups is 1. The van der Waals surface area contributed by atoms with E-state index in [9.17, 15) is 13.2 Å². The maximum atomic E-state index is 12.2. The van der Waals surface area contributed by atoms with Crippen molar-refractivity contribution in [3.8, 4) is 16.9 Å². The number of rotatable bonds is 5. The van der Waals surface area contributed by atoms with Crippen LogP contribution in [0.15, 0.2) is 83.1 Å². The average molecular weight is 410 g/mol. The summed E-state index contributed by atoms with van der Waals surface area (Å²) in [6.07, 6.45) is 4.51. The molecule has 0 atom stereocenters. The van der Waals surface area contributed by atoms with Crippen LogP contribution in [0.2, 0.25) is 0 Å². The second kappa shape index (κ2) is 8.53. The van der Waals surface area contributed by atoms with Crippen molar-refractivity contribution >= 4 is 21.7 Å². The van der Waals surface area contributed by atoms with Crippen molar-refractivity contribution < 1.29 is 18.0 Å². The number of benzene rings is 2. The van der Waals surface area contributed by atoms with Crippen molar-refractivity contribution in [3.63, 3.8) is 0 Å². The monoisotopic (exact) mass is 410 g/mol. The van der Waals surface area contributed by atoms with E-state index in [0.29, 0.717) is 5.75 Å². The third kappa shape index (κ3) is 5.39. The standard InChI is InChI=1S/C20H18N4O4S/c1-29(26,27)18-6-2-4-15(12-18)19(25)23-20(21)24-28-17-9-7-14(8-10-17)16-5-3-11-22-13-16/h2-13H,1H3,(H3,21,23,24,25). The molecule has 0 unspecified atom stereocenters. The molecule has 0 saturated heterocycles. The maximum absolute atomic E-state index is 12.2. The number of nitrogens with two attached hydrogens (primary N) is 1. The first kappa shape index (κ1) is 20.0. The summed E-state index contributed by atoms with van der Waals surface area (Å²) in [6.45, 7) is 0. The van der Waals surface area contributed by atoms with E-state index in [-0.39, 0.29) is 16.4 Å². The summed E-state index contributed by atoms with van der Waals surface area (Å²) in [4.78, 5) is 21.5. The zero-order valence-electron chi connectivity index (χ0n) is 15.4. The largest absolute Gasteiger partial charge is 0.367 e. The first-order valence-electron chi connectivity index (χ1n) is 8.45. The summed E-state index contributed by atoms with van der Waals surface area (Å²) in [5, 5.41) is 6.01. The molecule has 1 amide bonds. The highest BCUT2D eigenvalue weighted by molar-refractivity contribution is 7.90. The molecule has 0 aliphatic carbocycles. The summed E-state index contributed by atoms with van der Waals surface area (Å²) in [6, 6.07) is 16.5. The molecular weight excluding hydrogens is 392 g/mol. The highest BCUT2D eigenvalue weighted by atomic mass is 32.2. The molecule has 0 aliphatic heterocycles. The number of aromatic nitrogens is 1. The predicted molar refractivity (Wildman–Crippen MR) is 109 cm³/mol. The Labute approximate surface area is 167 Å². The second-order valence-electron chi connectivity index (χ2n) is 6.09. The Bertz CT molecular complexity index is 1140. The zero-order chi connectivity index (χ0) is 20.9. The van der Waals surface area contributed by atoms with Gasteiger partial charge in [0.1, 0.15) is 0 Å². The summed E-state index contributed by atoms with van der Waals surface area (Å²) >= 11 is 0. The van der Waals surface area contributed by atoms with Gasteiger partial charge in [0.2, 0.25) is 5.96 Å². The van der Waals surface area contributed by atoms with Gasteiger partial charge in [-0.3, -0.25) is 15.1 Å². The van der Waals surface area contributed by atoms with Gasteiger partial charge in [-0.25, -0.2) is 8.42 Å². The molecule has 9 heteroatoms. The van der Waals surface area contributed by atoms with E-state index >= 15 is 0 Å². The molecule has 0 bridgehead atoms. The molecule has 1 heterocycles. The lowest BCUT2D eigenvalue weighted by atomic mass is 10.1. The van der Waals surface area contributed by atoms with E-state index < -0.39 is 15.7 Å². The molecule has 0 spiro atoms. The fourth-order valence-corrected chi connectivity index (χ4v) is 3.09. The summed E-state index contributed by atoms with van der Waals surface area (Å²) < 4.78 is 23.2. The Morgan fingerprint density at radius 2 is 1.83 bits per heavy atom. The van der Waals surface area contributed by atoms with Gasteiger partial charge in [-0.05, 0) is 52.7 Å². The van der Waals surface area contributed by atoms with Crippen LogP contribution in [0.4, 0.5) is 0 Å².